The lowest BCUT2D eigenvalue weighted by Crippen LogP contribution is -2.38. The number of aliphatic hydroxyl groups is 1. The summed E-state index contributed by atoms with van der Waals surface area (Å²) in [6, 6.07) is 0. The number of hydrogen-bond acceptors (Lipinski definition) is 4. The second kappa shape index (κ2) is 7.25. The van der Waals surface area contributed by atoms with E-state index < -0.39 is 9.84 Å². The van der Waals surface area contributed by atoms with Crippen LogP contribution in [0.3, 0.4) is 0 Å². The molecule has 0 aliphatic rings. The van der Waals surface area contributed by atoms with E-state index >= 15 is 0 Å². The van der Waals surface area contributed by atoms with E-state index in [9.17, 15) is 13.5 Å². The fraction of sp³-hybridized carbons (Fsp3) is 1.00. The summed E-state index contributed by atoms with van der Waals surface area (Å²) in [6.07, 6.45) is 1.79. The number of hydrogen-bond donors (Lipinski definition) is 2. The second-order valence-electron chi connectivity index (χ2n) is 4.28. The van der Waals surface area contributed by atoms with Crippen molar-refractivity contribution in [2.75, 3.05) is 31.2 Å². The standard InChI is InChI=1S/C11H25NO3S/c1-4-11(5-2,10-13)9-12-7-8-16(14,15)6-3/h12-13H,4-10H2,1-3H3. The molecule has 0 aromatic heterocycles. The van der Waals surface area contributed by atoms with Gasteiger partial charge in [0.05, 0.1) is 5.75 Å². The highest BCUT2D eigenvalue weighted by Gasteiger charge is 2.24. The van der Waals surface area contributed by atoms with Gasteiger partial charge in [-0.1, -0.05) is 20.8 Å². The van der Waals surface area contributed by atoms with E-state index in [0.29, 0.717) is 13.1 Å². The van der Waals surface area contributed by atoms with Crippen LogP contribution in [0.1, 0.15) is 33.6 Å². The molecular formula is C11H25NO3S. The highest BCUT2D eigenvalue weighted by atomic mass is 32.2. The molecular weight excluding hydrogens is 226 g/mol. The predicted octanol–water partition coefficient (Wildman–Crippen LogP) is 0.809. The summed E-state index contributed by atoms with van der Waals surface area (Å²) >= 11 is 0. The van der Waals surface area contributed by atoms with Gasteiger partial charge in [-0.25, -0.2) is 8.42 Å². The van der Waals surface area contributed by atoms with Gasteiger partial charge in [0.1, 0.15) is 0 Å². The maximum atomic E-state index is 11.2. The van der Waals surface area contributed by atoms with Gasteiger partial charge in [0.2, 0.25) is 0 Å². The highest BCUT2D eigenvalue weighted by molar-refractivity contribution is 7.91. The van der Waals surface area contributed by atoms with Crippen molar-refractivity contribution >= 4 is 9.84 Å². The summed E-state index contributed by atoms with van der Waals surface area (Å²) in [6.45, 7) is 7.04. The molecule has 0 unspecified atom stereocenters. The normalized spacial score (nSPS) is 13.0. The molecule has 0 aliphatic heterocycles. The van der Waals surface area contributed by atoms with E-state index in [1.807, 2.05) is 13.8 Å². The Hall–Kier alpha value is -0.130. The van der Waals surface area contributed by atoms with Gasteiger partial charge in [-0.3, -0.25) is 0 Å². The maximum absolute atomic E-state index is 11.2. The van der Waals surface area contributed by atoms with Crippen molar-refractivity contribution in [3.8, 4) is 0 Å². The van der Waals surface area contributed by atoms with Crippen LogP contribution < -0.4 is 5.32 Å². The number of rotatable bonds is 9. The molecule has 16 heavy (non-hydrogen) atoms. The zero-order valence-corrected chi connectivity index (χ0v) is 11.4. The third kappa shape index (κ3) is 5.27. The Morgan fingerprint density at radius 3 is 2.12 bits per heavy atom. The summed E-state index contributed by atoms with van der Waals surface area (Å²) in [5.41, 5.74) is -0.101. The van der Waals surface area contributed by atoms with Crippen molar-refractivity contribution in [3.63, 3.8) is 0 Å². The smallest absolute Gasteiger partial charge is 0.151 e. The molecule has 0 bridgehead atoms. The minimum absolute atomic E-state index is 0.101. The average Bonchev–Trinajstić information content (AvgIpc) is 2.30. The number of sulfone groups is 1. The van der Waals surface area contributed by atoms with Crippen molar-refractivity contribution in [3.05, 3.63) is 0 Å². The van der Waals surface area contributed by atoms with E-state index in [0.717, 1.165) is 12.8 Å². The SMILES string of the molecule is CCC(CC)(CO)CNCCS(=O)(=O)CC. The molecule has 0 amide bonds. The predicted molar refractivity (Wildman–Crippen MR) is 67.3 cm³/mol. The molecule has 0 rings (SSSR count). The summed E-state index contributed by atoms with van der Waals surface area (Å²) in [4.78, 5) is 0. The molecule has 2 N–H and O–H groups in total. The topological polar surface area (TPSA) is 66.4 Å². The first-order chi connectivity index (χ1) is 7.45. The number of nitrogens with one attached hydrogen (secondary N) is 1. The first-order valence-corrected chi connectivity index (χ1v) is 7.79. The van der Waals surface area contributed by atoms with Gasteiger partial charge in [0, 0.05) is 30.9 Å². The van der Waals surface area contributed by atoms with E-state index in [-0.39, 0.29) is 23.5 Å². The Kier molecular flexibility index (Phi) is 7.19. The van der Waals surface area contributed by atoms with Crippen LogP contribution in [0.25, 0.3) is 0 Å². The molecule has 0 spiro atoms. The first kappa shape index (κ1) is 15.9. The summed E-state index contributed by atoms with van der Waals surface area (Å²) in [7, 11) is -2.88. The van der Waals surface area contributed by atoms with Crippen LogP contribution in [-0.2, 0) is 9.84 Å². The molecule has 0 aromatic rings. The Bertz CT molecular complexity index is 263. The molecule has 4 nitrogen and oxygen atoms in total. The van der Waals surface area contributed by atoms with Crippen LogP contribution in [-0.4, -0.2) is 44.7 Å². The van der Waals surface area contributed by atoms with E-state index in [1.54, 1.807) is 6.92 Å². The van der Waals surface area contributed by atoms with Gasteiger partial charge < -0.3 is 10.4 Å². The van der Waals surface area contributed by atoms with Crippen LogP contribution in [0.15, 0.2) is 0 Å². The van der Waals surface area contributed by atoms with Gasteiger partial charge in [-0.15, -0.1) is 0 Å². The summed E-state index contributed by atoms with van der Waals surface area (Å²) in [5, 5.41) is 12.5. The Morgan fingerprint density at radius 1 is 1.19 bits per heavy atom. The van der Waals surface area contributed by atoms with Crippen molar-refractivity contribution in [1.82, 2.24) is 5.32 Å². The Balaban J connectivity index is 3.97. The van der Waals surface area contributed by atoms with E-state index in [2.05, 4.69) is 5.32 Å². The van der Waals surface area contributed by atoms with Crippen LogP contribution in [0.5, 0.6) is 0 Å². The van der Waals surface area contributed by atoms with E-state index in [4.69, 9.17) is 0 Å². The average molecular weight is 251 g/mol. The van der Waals surface area contributed by atoms with E-state index in [1.165, 1.54) is 0 Å². The van der Waals surface area contributed by atoms with Gasteiger partial charge >= 0.3 is 0 Å². The number of aliphatic hydroxyl groups excluding tert-OH is 1. The quantitative estimate of drug-likeness (QED) is 0.595. The third-order valence-electron chi connectivity index (χ3n) is 3.37. The molecule has 0 radical (unpaired) electrons. The monoisotopic (exact) mass is 251 g/mol. The highest BCUT2D eigenvalue weighted by Crippen LogP contribution is 2.24. The molecule has 0 atom stereocenters. The fourth-order valence-corrected chi connectivity index (χ4v) is 2.25. The molecule has 0 aromatic carbocycles. The molecule has 5 heteroatoms. The summed E-state index contributed by atoms with van der Waals surface area (Å²) in [5.74, 6) is 0.375. The van der Waals surface area contributed by atoms with Gasteiger partial charge in [0.25, 0.3) is 0 Å². The zero-order chi connectivity index (χ0) is 12.7. The summed E-state index contributed by atoms with van der Waals surface area (Å²) < 4.78 is 22.5. The molecule has 0 fully saturated rings. The van der Waals surface area contributed by atoms with Gasteiger partial charge in [-0.05, 0) is 12.8 Å². The minimum Gasteiger partial charge on any atom is -0.396 e. The van der Waals surface area contributed by atoms with Crippen LogP contribution in [0.4, 0.5) is 0 Å². The molecule has 0 aliphatic carbocycles. The van der Waals surface area contributed by atoms with Crippen molar-refractivity contribution in [2.24, 2.45) is 5.41 Å². The van der Waals surface area contributed by atoms with Crippen LogP contribution >= 0.6 is 0 Å². The largest absolute Gasteiger partial charge is 0.396 e. The lowest BCUT2D eigenvalue weighted by molar-refractivity contribution is 0.114. The van der Waals surface area contributed by atoms with Crippen molar-refractivity contribution in [2.45, 2.75) is 33.6 Å². The minimum atomic E-state index is -2.88. The lowest BCUT2D eigenvalue weighted by atomic mass is 9.83. The zero-order valence-electron chi connectivity index (χ0n) is 10.6. The molecule has 0 saturated carbocycles. The second-order valence-corrected chi connectivity index (χ2v) is 6.75. The van der Waals surface area contributed by atoms with Crippen molar-refractivity contribution < 1.29 is 13.5 Å². The van der Waals surface area contributed by atoms with Gasteiger partial charge in [-0.2, -0.15) is 0 Å². The maximum Gasteiger partial charge on any atom is 0.151 e. The van der Waals surface area contributed by atoms with Crippen molar-refractivity contribution in [1.29, 1.82) is 0 Å². The molecule has 0 heterocycles. The van der Waals surface area contributed by atoms with Crippen LogP contribution in [0, 0.1) is 5.41 Å². The van der Waals surface area contributed by atoms with Gasteiger partial charge in [0.15, 0.2) is 9.84 Å². The third-order valence-corrected chi connectivity index (χ3v) is 5.07. The van der Waals surface area contributed by atoms with Crippen LogP contribution in [0.2, 0.25) is 0 Å². The first-order valence-electron chi connectivity index (χ1n) is 5.97. The molecule has 0 saturated heterocycles. The Morgan fingerprint density at radius 2 is 1.75 bits per heavy atom. The molecule has 98 valence electrons. The fourth-order valence-electron chi connectivity index (χ4n) is 1.51. The lowest BCUT2D eigenvalue weighted by Gasteiger charge is -2.29. The Labute approximate surface area is 99.4 Å².